The minimum Gasteiger partial charge on any atom is -0.481 e. The predicted molar refractivity (Wildman–Crippen MR) is 29.9 cm³/mol. The highest BCUT2D eigenvalue weighted by atomic mass is 35.5. The first-order valence-electron chi connectivity index (χ1n) is 2.27. The van der Waals surface area contributed by atoms with Crippen LogP contribution in [0.1, 0.15) is 0 Å². The van der Waals surface area contributed by atoms with Gasteiger partial charge in [0.25, 0.3) is 0 Å². The second-order valence-corrected chi connectivity index (χ2v) is 2.20. The highest BCUT2D eigenvalue weighted by Gasteiger charge is 2.27. The first-order valence-corrected chi connectivity index (χ1v) is 2.70. The SMILES string of the molecule is O=C(O)[C@@H]1C=C[C@H]1Cl. The lowest BCUT2D eigenvalue weighted by Crippen LogP contribution is -2.26. The molecule has 3 heteroatoms. The van der Waals surface area contributed by atoms with Gasteiger partial charge in [-0.05, 0) is 0 Å². The molecular weight excluding hydrogens is 128 g/mol. The third-order valence-corrected chi connectivity index (χ3v) is 1.55. The molecule has 1 aliphatic rings. The zero-order chi connectivity index (χ0) is 6.15. The lowest BCUT2D eigenvalue weighted by atomic mass is 9.95. The maximum absolute atomic E-state index is 10.1. The van der Waals surface area contributed by atoms with E-state index in [1.165, 1.54) is 0 Å². The quantitative estimate of drug-likeness (QED) is 0.425. The molecule has 1 aliphatic carbocycles. The van der Waals surface area contributed by atoms with Gasteiger partial charge in [-0.25, -0.2) is 0 Å². The van der Waals surface area contributed by atoms with Gasteiger partial charge in [0.05, 0.1) is 11.3 Å². The van der Waals surface area contributed by atoms with Crippen molar-refractivity contribution in [2.75, 3.05) is 0 Å². The number of halogens is 1. The van der Waals surface area contributed by atoms with Crippen molar-refractivity contribution in [1.29, 1.82) is 0 Å². The van der Waals surface area contributed by atoms with Crippen molar-refractivity contribution < 1.29 is 9.90 Å². The second kappa shape index (κ2) is 1.78. The van der Waals surface area contributed by atoms with Crippen molar-refractivity contribution in [3.8, 4) is 0 Å². The molecule has 0 heterocycles. The Hall–Kier alpha value is -0.500. The number of alkyl halides is 1. The van der Waals surface area contributed by atoms with Crippen LogP contribution in [0.2, 0.25) is 0 Å². The fraction of sp³-hybridized carbons (Fsp3) is 0.400. The maximum atomic E-state index is 10.1. The van der Waals surface area contributed by atoms with E-state index >= 15 is 0 Å². The van der Waals surface area contributed by atoms with Crippen LogP contribution in [0.4, 0.5) is 0 Å². The van der Waals surface area contributed by atoms with Crippen LogP contribution in [0.15, 0.2) is 12.2 Å². The van der Waals surface area contributed by atoms with Crippen LogP contribution in [0.5, 0.6) is 0 Å². The highest BCUT2D eigenvalue weighted by molar-refractivity contribution is 6.24. The normalized spacial score (nSPS) is 34.1. The second-order valence-electron chi connectivity index (χ2n) is 1.69. The maximum Gasteiger partial charge on any atom is 0.312 e. The Kier molecular flexibility index (Phi) is 1.26. The molecular formula is C5H5ClO2. The third-order valence-electron chi connectivity index (χ3n) is 1.13. The molecule has 0 unspecified atom stereocenters. The zero-order valence-corrected chi connectivity index (χ0v) is 4.80. The molecule has 0 amide bonds. The van der Waals surface area contributed by atoms with Gasteiger partial charge in [-0.15, -0.1) is 11.6 Å². The van der Waals surface area contributed by atoms with Crippen molar-refractivity contribution in [3.05, 3.63) is 12.2 Å². The van der Waals surface area contributed by atoms with Gasteiger partial charge in [0.2, 0.25) is 0 Å². The first-order chi connectivity index (χ1) is 3.72. The number of allylic oxidation sites excluding steroid dienone is 1. The van der Waals surface area contributed by atoms with Crippen LogP contribution in [-0.4, -0.2) is 16.5 Å². The average Bonchev–Trinajstić information content (AvgIpc) is 1.61. The Morgan fingerprint density at radius 1 is 1.62 bits per heavy atom. The zero-order valence-electron chi connectivity index (χ0n) is 4.04. The lowest BCUT2D eigenvalue weighted by molar-refractivity contribution is -0.140. The monoisotopic (exact) mass is 132 g/mol. The topological polar surface area (TPSA) is 37.3 Å². The minimum atomic E-state index is -0.840. The summed E-state index contributed by atoms with van der Waals surface area (Å²) in [6, 6.07) is 0. The molecule has 0 spiro atoms. The standard InChI is InChI=1S/C5H5ClO2/c6-4-2-1-3(4)5(7)8/h1-4H,(H,7,8)/t3-,4-/m1/s1. The molecule has 1 N–H and O–H groups in total. The van der Waals surface area contributed by atoms with E-state index in [0.717, 1.165) is 0 Å². The molecule has 2 atom stereocenters. The fourth-order valence-electron chi connectivity index (χ4n) is 0.525. The Labute approximate surface area is 51.8 Å². The number of carbonyl (C=O) groups is 1. The summed E-state index contributed by atoms with van der Waals surface area (Å²) in [7, 11) is 0. The van der Waals surface area contributed by atoms with Crippen LogP contribution in [0, 0.1) is 5.92 Å². The van der Waals surface area contributed by atoms with Crippen LogP contribution >= 0.6 is 11.6 Å². The molecule has 0 aromatic carbocycles. The van der Waals surface area contributed by atoms with Crippen LogP contribution in [0.25, 0.3) is 0 Å². The summed E-state index contributed by atoms with van der Waals surface area (Å²) in [5.74, 6) is -1.29. The number of carboxylic acids is 1. The molecule has 0 radical (unpaired) electrons. The van der Waals surface area contributed by atoms with Gasteiger partial charge in [-0.2, -0.15) is 0 Å². The van der Waals surface area contributed by atoms with Gasteiger partial charge in [-0.1, -0.05) is 12.2 Å². The molecule has 44 valence electrons. The van der Waals surface area contributed by atoms with E-state index in [9.17, 15) is 4.79 Å². The van der Waals surface area contributed by atoms with Gasteiger partial charge < -0.3 is 5.11 Å². The molecule has 2 nitrogen and oxygen atoms in total. The minimum absolute atomic E-state index is 0.285. The summed E-state index contributed by atoms with van der Waals surface area (Å²) in [5.41, 5.74) is 0. The summed E-state index contributed by atoms with van der Waals surface area (Å²) in [6.07, 6.45) is 3.25. The Morgan fingerprint density at radius 2 is 2.25 bits per heavy atom. The van der Waals surface area contributed by atoms with Gasteiger partial charge in [0.15, 0.2) is 0 Å². The molecule has 0 aromatic rings. The number of aliphatic carboxylic acids is 1. The summed E-state index contributed by atoms with van der Waals surface area (Å²) in [6.45, 7) is 0. The molecule has 0 saturated carbocycles. The number of carboxylic acid groups (broad SMARTS) is 1. The fourth-order valence-corrected chi connectivity index (χ4v) is 0.800. The van der Waals surface area contributed by atoms with Crippen LogP contribution < -0.4 is 0 Å². The summed E-state index contributed by atoms with van der Waals surface area (Å²) < 4.78 is 0. The van der Waals surface area contributed by atoms with Crippen LogP contribution in [-0.2, 0) is 4.79 Å². The Morgan fingerprint density at radius 3 is 2.25 bits per heavy atom. The first kappa shape index (κ1) is 5.63. The average molecular weight is 133 g/mol. The van der Waals surface area contributed by atoms with Crippen molar-refractivity contribution in [1.82, 2.24) is 0 Å². The molecule has 0 fully saturated rings. The van der Waals surface area contributed by atoms with Gasteiger partial charge in [-0.3, -0.25) is 4.79 Å². The van der Waals surface area contributed by atoms with E-state index < -0.39 is 11.9 Å². The van der Waals surface area contributed by atoms with Gasteiger partial charge >= 0.3 is 5.97 Å². The Bertz CT molecular complexity index is 141. The van der Waals surface area contributed by atoms with Crippen molar-refractivity contribution in [3.63, 3.8) is 0 Å². The molecule has 0 bridgehead atoms. The van der Waals surface area contributed by atoms with Crippen molar-refractivity contribution in [2.24, 2.45) is 5.92 Å². The molecule has 0 aliphatic heterocycles. The van der Waals surface area contributed by atoms with E-state index in [0.29, 0.717) is 0 Å². The molecule has 8 heavy (non-hydrogen) atoms. The van der Waals surface area contributed by atoms with Crippen molar-refractivity contribution in [2.45, 2.75) is 5.38 Å². The Balaban J connectivity index is 2.53. The number of hydrogen-bond donors (Lipinski definition) is 1. The largest absolute Gasteiger partial charge is 0.481 e. The van der Waals surface area contributed by atoms with E-state index in [2.05, 4.69) is 0 Å². The number of rotatable bonds is 1. The van der Waals surface area contributed by atoms with Crippen LogP contribution in [0.3, 0.4) is 0 Å². The van der Waals surface area contributed by atoms with Gasteiger partial charge in [0.1, 0.15) is 0 Å². The summed E-state index contributed by atoms with van der Waals surface area (Å²) >= 11 is 5.44. The molecule has 1 rings (SSSR count). The summed E-state index contributed by atoms with van der Waals surface area (Å²) in [5, 5.41) is 7.98. The number of hydrogen-bond acceptors (Lipinski definition) is 1. The van der Waals surface area contributed by atoms with Gasteiger partial charge in [0, 0.05) is 0 Å². The van der Waals surface area contributed by atoms with E-state index in [1.54, 1.807) is 12.2 Å². The van der Waals surface area contributed by atoms with E-state index in [4.69, 9.17) is 16.7 Å². The molecule has 0 saturated heterocycles. The highest BCUT2D eigenvalue weighted by Crippen LogP contribution is 2.23. The third kappa shape index (κ3) is 0.713. The van der Waals surface area contributed by atoms with E-state index in [-0.39, 0.29) is 5.38 Å². The van der Waals surface area contributed by atoms with E-state index in [1.807, 2.05) is 0 Å². The smallest absolute Gasteiger partial charge is 0.312 e. The summed E-state index contributed by atoms with van der Waals surface area (Å²) in [4.78, 5) is 10.1. The predicted octanol–water partition coefficient (Wildman–Crippen LogP) is 0.864. The molecule has 0 aromatic heterocycles. The van der Waals surface area contributed by atoms with Crippen molar-refractivity contribution >= 4 is 17.6 Å². The lowest BCUT2D eigenvalue weighted by Gasteiger charge is -2.18.